The molecular formula is C50H30N2S. The molecule has 0 aliphatic carbocycles. The fourth-order valence-electron chi connectivity index (χ4n) is 9.03. The van der Waals surface area contributed by atoms with Crippen LogP contribution in [0.5, 0.6) is 0 Å². The lowest BCUT2D eigenvalue weighted by Gasteiger charge is -2.22. The predicted molar refractivity (Wildman–Crippen MR) is 225 cm³/mol. The van der Waals surface area contributed by atoms with Gasteiger partial charge in [0.1, 0.15) is 0 Å². The first-order valence-electron chi connectivity index (χ1n) is 18.2. The molecule has 2 nitrogen and oxygen atoms in total. The summed E-state index contributed by atoms with van der Waals surface area (Å²) in [5.74, 6) is 0. The minimum absolute atomic E-state index is 1.18. The summed E-state index contributed by atoms with van der Waals surface area (Å²) in [6.07, 6.45) is 0. The number of hydrogen-bond donors (Lipinski definition) is 0. The van der Waals surface area contributed by atoms with Crippen LogP contribution in [0.15, 0.2) is 192 Å². The smallest absolute Gasteiger partial charge is 0.0558 e. The number of para-hydroxylation sites is 3. The van der Waals surface area contributed by atoms with Crippen LogP contribution in [-0.2, 0) is 0 Å². The summed E-state index contributed by atoms with van der Waals surface area (Å²) in [6.45, 7) is 0. The largest absolute Gasteiger partial charge is 0.309 e. The van der Waals surface area contributed by atoms with Gasteiger partial charge in [0.2, 0.25) is 0 Å². The maximum Gasteiger partial charge on any atom is 0.0558 e. The van der Waals surface area contributed by atoms with Gasteiger partial charge in [-0.15, -0.1) is 0 Å². The van der Waals surface area contributed by atoms with Gasteiger partial charge in [-0.2, -0.15) is 0 Å². The average Bonchev–Trinajstić information content (AvgIpc) is 3.74. The fourth-order valence-corrected chi connectivity index (χ4v) is 10.2. The Kier molecular flexibility index (Phi) is 6.02. The maximum absolute atomic E-state index is 2.46. The summed E-state index contributed by atoms with van der Waals surface area (Å²) >= 11 is 1.90. The molecule has 0 spiro atoms. The van der Waals surface area contributed by atoms with Gasteiger partial charge in [0.25, 0.3) is 0 Å². The van der Waals surface area contributed by atoms with Crippen molar-refractivity contribution in [3.05, 3.63) is 182 Å². The van der Waals surface area contributed by atoms with E-state index in [2.05, 4.69) is 191 Å². The molecule has 0 atom stereocenters. The highest BCUT2D eigenvalue weighted by molar-refractivity contribution is 7.99. The summed E-state index contributed by atoms with van der Waals surface area (Å²) in [6, 6.07) is 67.1. The van der Waals surface area contributed by atoms with Crippen LogP contribution in [0, 0.1) is 0 Å². The van der Waals surface area contributed by atoms with E-state index in [1.807, 2.05) is 11.8 Å². The van der Waals surface area contributed by atoms with Crippen LogP contribution >= 0.6 is 11.8 Å². The van der Waals surface area contributed by atoms with Crippen LogP contribution in [0.2, 0.25) is 0 Å². The topological polar surface area (TPSA) is 9.86 Å². The van der Waals surface area contributed by atoms with Crippen molar-refractivity contribution in [3.63, 3.8) is 0 Å². The van der Waals surface area contributed by atoms with E-state index >= 15 is 0 Å². The predicted octanol–water partition coefficient (Wildman–Crippen LogP) is 14.0. The van der Waals surface area contributed by atoms with Crippen molar-refractivity contribution in [3.8, 4) is 33.6 Å². The lowest BCUT2D eigenvalue weighted by atomic mass is 9.92. The van der Waals surface area contributed by atoms with Crippen LogP contribution < -0.4 is 0 Å². The zero-order valence-electron chi connectivity index (χ0n) is 28.6. The zero-order chi connectivity index (χ0) is 34.6. The highest BCUT2D eigenvalue weighted by atomic mass is 32.2. The van der Waals surface area contributed by atoms with Gasteiger partial charge in [-0.05, 0) is 99.1 Å². The van der Waals surface area contributed by atoms with Gasteiger partial charge < -0.3 is 9.13 Å². The molecule has 1 aliphatic rings. The highest BCUT2D eigenvalue weighted by Crippen LogP contribution is 2.52. The quantitative estimate of drug-likeness (QED) is 0.179. The standard InChI is InChI=1S/C50H30N2S/c1-2-14-34(15-3-1)51-42-21-8-6-16-38(42)48-36(18-11-23-44(48)51)33-25-27-46-41(29-33)37-19-10-20-40-49-39-17-7-9-22-43(39)52(45(49)30-47(53-46)50(37)40)35-26-24-31-12-4-5-13-32(31)28-35/h1-30H. The first-order valence-corrected chi connectivity index (χ1v) is 19.0. The van der Waals surface area contributed by atoms with Crippen molar-refractivity contribution < 1.29 is 0 Å². The van der Waals surface area contributed by atoms with Gasteiger partial charge in [-0.25, -0.2) is 0 Å². The second-order valence-electron chi connectivity index (χ2n) is 14.1. The Balaban J connectivity index is 1.09. The molecule has 0 amide bonds. The summed E-state index contributed by atoms with van der Waals surface area (Å²) < 4.78 is 4.87. The third-order valence-electron chi connectivity index (χ3n) is 11.3. The van der Waals surface area contributed by atoms with E-state index in [0.29, 0.717) is 0 Å². The Labute approximate surface area is 310 Å². The molecule has 2 aromatic heterocycles. The molecule has 3 heteroatoms. The zero-order valence-corrected chi connectivity index (χ0v) is 29.4. The molecule has 0 N–H and O–H groups in total. The normalized spacial score (nSPS) is 12.5. The third-order valence-corrected chi connectivity index (χ3v) is 12.4. The van der Waals surface area contributed by atoms with E-state index < -0.39 is 0 Å². The Bertz CT molecular complexity index is 3310. The molecule has 53 heavy (non-hydrogen) atoms. The first kappa shape index (κ1) is 29.1. The molecule has 12 rings (SSSR count). The van der Waals surface area contributed by atoms with E-state index in [9.17, 15) is 0 Å². The molecule has 9 aromatic carbocycles. The second-order valence-corrected chi connectivity index (χ2v) is 15.2. The molecular weight excluding hydrogens is 661 g/mol. The lowest BCUT2D eigenvalue weighted by molar-refractivity contribution is 1.18. The maximum atomic E-state index is 2.46. The van der Waals surface area contributed by atoms with Gasteiger partial charge in [-0.1, -0.05) is 133 Å². The van der Waals surface area contributed by atoms with E-state index in [4.69, 9.17) is 0 Å². The number of nitrogens with zero attached hydrogens (tertiary/aromatic N) is 2. The highest BCUT2D eigenvalue weighted by Gasteiger charge is 2.25. The average molecular weight is 691 g/mol. The monoisotopic (exact) mass is 690 g/mol. The molecule has 0 unspecified atom stereocenters. The van der Waals surface area contributed by atoms with Crippen LogP contribution in [0.4, 0.5) is 0 Å². The van der Waals surface area contributed by atoms with Crippen molar-refractivity contribution in [2.75, 3.05) is 0 Å². The van der Waals surface area contributed by atoms with E-state index in [1.165, 1.54) is 109 Å². The summed E-state index contributed by atoms with van der Waals surface area (Å²) in [4.78, 5) is 2.60. The molecule has 0 radical (unpaired) electrons. The number of aromatic nitrogens is 2. The Hall–Kier alpha value is -6.55. The van der Waals surface area contributed by atoms with Gasteiger partial charge in [-0.3, -0.25) is 0 Å². The molecule has 0 saturated heterocycles. The van der Waals surface area contributed by atoms with Crippen LogP contribution in [0.1, 0.15) is 0 Å². The second kappa shape index (κ2) is 11.0. The summed E-state index contributed by atoms with van der Waals surface area (Å²) in [5.41, 5.74) is 12.4. The minimum atomic E-state index is 1.18. The van der Waals surface area contributed by atoms with Gasteiger partial charge in [0.05, 0.1) is 22.1 Å². The van der Waals surface area contributed by atoms with Crippen molar-refractivity contribution in [1.29, 1.82) is 0 Å². The minimum Gasteiger partial charge on any atom is -0.309 e. The lowest BCUT2D eigenvalue weighted by Crippen LogP contribution is -1.97. The van der Waals surface area contributed by atoms with Crippen LogP contribution in [0.25, 0.3) is 98.8 Å². The molecule has 1 aliphatic heterocycles. The molecule has 11 aromatic rings. The van der Waals surface area contributed by atoms with Crippen molar-refractivity contribution in [2.24, 2.45) is 0 Å². The van der Waals surface area contributed by atoms with E-state index in [0.717, 1.165) is 0 Å². The Morgan fingerprint density at radius 1 is 0.321 bits per heavy atom. The van der Waals surface area contributed by atoms with Gasteiger partial charge in [0, 0.05) is 48.1 Å². The Morgan fingerprint density at radius 2 is 0.981 bits per heavy atom. The van der Waals surface area contributed by atoms with Gasteiger partial charge >= 0.3 is 0 Å². The summed E-state index contributed by atoms with van der Waals surface area (Å²) in [5, 5.41) is 10.3. The van der Waals surface area contributed by atoms with Crippen LogP contribution in [-0.4, -0.2) is 9.13 Å². The number of hydrogen-bond acceptors (Lipinski definition) is 1. The SMILES string of the molecule is c1ccc(-n2c3ccccc3c3c(-c4ccc5c(c4)-c4cccc6c4c(cc4c6c6ccccc6n4-c4ccc6ccccc6c4)S5)cccc32)cc1. The van der Waals surface area contributed by atoms with E-state index in [1.54, 1.807) is 0 Å². The molecule has 246 valence electrons. The number of benzene rings is 9. The van der Waals surface area contributed by atoms with Crippen molar-refractivity contribution >= 4 is 76.9 Å². The number of rotatable bonds is 3. The van der Waals surface area contributed by atoms with Gasteiger partial charge in [0.15, 0.2) is 0 Å². The summed E-state index contributed by atoms with van der Waals surface area (Å²) in [7, 11) is 0. The molecule has 3 heterocycles. The molecule has 0 saturated carbocycles. The molecule has 0 fully saturated rings. The Morgan fingerprint density at radius 3 is 1.83 bits per heavy atom. The number of fused-ring (bicyclic) bond motifs is 10. The van der Waals surface area contributed by atoms with E-state index in [-0.39, 0.29) is 0 Å². The third kappa shape index (κ3) is 4.11. The molecule has 0 bridgehead atoms. The fraction of sp³-hybridized carbons (Fsp3) is 0. The van der Waals surface area contributed by atoms with Crippen molar-refractivity contribution in [2.45, 2.75) is 9.79 Å². The van der Waals surface area contributed by atoms with Crippen LogP contribution in [0.3, 0.4) is 0 Å². The van der Waals surface area contributed by atoms with Crippen molar-refractivity contribution in [1.82, 2.24) is 9.13 Å². The first-order chi connectivity index (χ1) is 26.3.